The summed E-state index contributed by atoms with van der Waals surface area (Å²) in [6.45, 7) is 7.02. The van der Waals surface area contributed by atoms with Crippen molar-refractivity contribution >= 4 is 11.6 Å². The van der Waals surface area contributed by atoms with Crippen molar-refractivity contribution < 1.29 is 4.79 Å². The molecule has 1 heterocycles. The average Bonchev–Trinajstić information content (AvgIpc) is 2.27. The van der Waals surface area contributed by atoms with Crippen molar-refractivity contribution in [3.05, 3.63) is 24.0 Å². The molecule has 4 nitrogen and oxygen atoms in total. The maximum Gasteiger partial charge on any atom is 0.224 e. The summed E-state index contributed by atoms with van der Waals surface area (Å²) in [6.07, 6.45) is 4.79. The van der Waals surface area contributed by atoms with Gasteiger partial charge in [0.2, 0.25) is 5.91 Å². The van der Waals surface area contributed by atoms with E-state index in [1.165, 1.54) is 0 Å². The van der Waals surface area contributed by atoms with Crippen LogP contribution in [-0.2, 0) is 4.79 Å². The molecule has 1 rings (SSSR count). The maximum absolute atomic E-state index is 11.6. The Hall–Kier alpha value is -1.42. The fourth-order valence-electron chi connectivity index (χ4n) is 1.45. The second kappa shape index (κ2) is 7.01. The first-order valence-corrected chi connectivity index (χ1v) is 6.03. The smallest absolute Gasteiger partial charge is 0.224 e. The molecule has 2 N–H and O–H groups in total. The van der Waals surface area contributed by atoms with Crippen molar-refractivity contribution in [2.24, 2.45) is 0 Å². The summed E-state index contributed by atoms with van der Waals surface area (Å²) < 4.78 is 0. The zero-order valence-electron chi connectivity index (χ0n) is 10.8. The molecule has 0 unspecified atom stereocenters. The molecule has 94 valence electrons. The number of carbonyl (C=O) groups is 1. The molecule has 1 aromatic heterocycles. The Morgan fingerprint density at radius 2 is 2.24 bits per heavy atom. The number of amides is 1. The van der Waals surface area contributed by atoms with E-state index in [4.69, 9.17) is 0 Å². The second-order valence-corrected chi connectivity index (χ2v) is 4.45. The van der Waals surface area contributed by atoms with Gasteiger partial charge in [0.05, 0.1) is 11.9 Å². The standard InChI is InChI=1S/C13H21N3O/c1-10(2)15-7-4-5-13(17)16-12-9-14-8-6-11(12)3/h6,8-10,15H,4-5,7H2,1-3H3,(H,16,17). The number of anilines is 1. The highest BCUT2D eigenvalue weighted by atomic mass is 16.1. The minimum atomic E-state index is 0.0478. The Morgan fingerprint density at radius 1 is 1.47 bits per heavy atom. The van der Waals surface area contributed by atoms with Crippen LogP contribution >= 0.6 is 0 Å². The van der Waals surface area contributed by atoms with Crippen LogP contribution in [0.4, 0.5) is 5.69 Å². The fourth-order valence-corrected chi connectivity index (χ4v) is 1.45. The van der Waals surface area contributed by atoms with Gasteiger partial charge in [0.1, 0.15) is 0 Å². The molecule has 1 aromatic rings. The number of nitrogens with one attached hydrogen (secondary N) is 2. The van der Waals surface area contributed by atoms with Crippen LogP contribution in [0.2, 0.25) is 0 Å². The molecular formula is C13H21N3O. The Labute approximate surface area is 103 Å². The summed E-state index contributed by atoms with van der Waals surface area (Å²) >= 11 is 0. The average molecular weight is 235 g/mol. The molecule has 0 saturated heterocycles. The third-order valence-corrected chi connectivity index (χ3v) is 2.45. The van der Waals surface area contributed by atoms with E-state index in [9.17, 15) is 4.79 Å². The largest absolute Gasteiger partial charge is 0.325 e. The zero-order valence-corrected chi connectivity index (χ0v) is 10.8. The summed E-state index contributed by atoms with van der Waals surface area (Å²) in [5.74, 6) is 0.0478. The summed E-state index contributed by atoms with van der Waals surface area (Å²) in [6, 6.07) is 2.36. The van der Waals surface area contributed by atoms with Crippen LogP contribution in [0.5, 0.6) is 0 Å². The Balaban J connectivity index is 2.28. The van der Waals surface area contributed by atoms with Gasteiger partial charge in [-0.15, -0.1) is 0 Å². The van der Waals surface area contributed by atoms with Gasteiger partial charge in [-0.25, -0.2) is 0 Å². The molecule has 0 aromatic carbocycles. The number of pyridine rings is 1. The molecule has 17 heavy (non-hydrogen) atoms. The van der Waals surface area contributed by atoms with Crippen molar-refractivity contribution in [1.82, 2.24) is 10.3 Å². The van der Waals surface area contributed by atoms with E-state index in [0.717, 1.165) is 24.2 Å². The predicted octanol–water partition coefficient (Wildman–Crippen LogP) is 2.11. The van der Waals surface area contributed by atoms with E-state index in [1.807, 2.05) is 13.0 Å². The molecule has 0 spiro atoms. The molecule has 0 bridgehead atoms. The third kappa shape index (κ3) is 5.45. The van der Waals surface area contributed by atoms with Crippen LogP contribution in [0.25, 0.3) is 0 Å². The van der Waals surface area contributed by atoms with Crippen molar-refractivity contribution in [2.75, 3.05) is 11.9 Å². The monoisotopic (exact) mass is 235 g/mol. The molecule has 0 aliphatic carbocycles. The first kappa shape index (κ1) is 13.6. The lowest BCUT2D eigenvalue weighted by Crippen LogP contribution is -2.24. The molecule has 1 amide bonds. The third-order valence-electron chi connectivity index (χ3n) is 2.45. The minimum absolute atomic E-state index is 0.0478. The van der Waals surface area contributed by atoms with E-state index >= 15 is 0 Å². The van der Waals surface area contributed by atoms with Gasteiger partial charge in [-0.1, -0.05) is 13.8 Å². The number of nitrogens with zero attached hydrogens (tertiary/aromatic N) is 1. The van der Waals surface area contributed by atoms with E-state index in [1.54, 1.807) is 12.4 Å². The van der Waals surface area contributed by atoms with Gasteiger partial charge >= 0.3 is 0 Å². The Morgan fingerprint density at radius 3 is 2.88 bits per heavy atom. The van der Waals surface area contributed by atoms with Crippen LogP contribution in [0, 0.1) is 6.92 Å². The number of rotatable bonds is 6. The van der Waals surface area contributed by atoms with Gasteiger partial charge in [-0.2, -0.15) is 0 Å². The molecule has 0 aliphatic rings. The highest BCUT2D eigenvalue weighted by Crippen LogP contribution is 2.11. The SMILES string of the molecule is Cc1ccncc1NC(=O)CCCNC(C)C. The summed E-state index contributed by atoms with van der Waals surface area (Å²) in [5.41, 5.74) is 1.84. The second-order valence-electron chi connectivity index (χ2n) is 4.45. The Kier molecular flexibility index (Phi) is 5.63. The van der Waals surface area contributed by atoms with Crippen LogP contribution in [0.3, 0.4) is 0 Å². The van der Waals surface area contributed by atoms with Gasteiger partial charge < -0.3 is 10.6 Å². The van der Waals surface area contributed by atoms with Crippen molar-refractivity contribution in [2.45, 2.75) is 39.7 Å². The van der Waals surface area contributed by atoms with E-state index < -0.39 is 0 Å². The predicted molar refractivity (Wildman–Crippen MR) is 70.0 cm³/mol. The number of aromatic nitrogens is 1. The first-order valence-electron chi connectivity index (χ1n) is 6.03. The van der Waals surface area contributed by atoms with Crippen LogP contribution in [0.15, 0.2) is 18.5 Å². The summed E-state index contributed by atoms with van der Waals surface area (Å²) in [7, 11) is 0. The molecule has 4 heteroatoms. The van der Waals surface area contributed by atoms with Crippen LogP contribution in [-0.4, -0.2) is 23.5 Å². The normalized spacial score (nSPS) is 10.6. The van der Waals surface area contributed by atoms with Crippen LogP contribution in [0.1, 0.15) is 32.3 Å². The van der Waals surface area contributed by atoms with E-state index in [0.29, 0.717) is 12.5 Å². The highest BCUT2D eigenvalue weighted by molar-refractivity contribution is 5.91. The topological polar surface area (TPSA) is 54.0 Å². The molecule has 0 aliphatic heterocycles. The van der Waals surface area contributed by atoms with E-state index in [-0.39, 0.29) is 5.91 Å². The quantitative estimate of drug-likeness (QED) is 0.742. The number of aryl methyl sites for hydroxylation is 1. The lowest BCUT2D eigenvalue weighted by atomic mass is 10.2. The number of carbonyl (C=O) groups excluding carboxylic acids is 1. The number of hydrogen-bond acceptors (Lipinski definition) is 3. The lowest BCUT2D eigenvalue weighted by molar-refractivity contribution is -0.116. The fraction of sp³-hybridized carbons (Fsp3) is 0.538. The molecule has 0 saturated carbocycles. The van der Waals surface area contributed by atoms with Crippen molar-refractivity contribution in [3.63, 3.8) is 0 Å². The zero-order chi connectivity index (χ0) is 12.7. The molecular weight excluding hydrogens is 214 g/mol. The van der Waals surface area contributed by atoms with Crippen molar-refractivity contribution in [3.8, 4) is 0 Å². The minimum Gasteiger partial charge on any atom is -0.325 e. The van der Waals surface area contributed by atoms with E-state index in [2.05, 4.69) is 29.5 Å². The van der Waals surface area contributed by atoms with Gasteiger partial charge in [-0.3, -0.25) is 9.78 Å². The Bertz CT molecular complexity index is 363. The number of hydrogen-bond donors (Lipinski definition) is 2. The van der Waals surface area contributed by atoms with Gasteiger partial charge in [-0.05, 0) is 31.5 Å². The molecule has 0 fully saturated rings. The first-order chi connectivity index (χ1) is 8.09. The maximum atomic E-state index is 11.6. The van der Waals surface area contributed by atoms with Gasteiger partial charge in [0.15, 0.2) is 0 Å². The van der Waals surface area contributed by atoms with Crippen LogP contribution < -0.4 is 10.6 Å². The summed E-state index contributed by atoms with van der Waals surface area (Å²) in [5, 5.41) is 6.15. The molecule has 0 radical (unpaired) electrons. The van der Waals surface area contributed by atoms with Gasteiger partial charge in [0.25, 0.3) is 0 Å². The highest BCUT2D eigenvalue weighted by Gasteiger charge is 2.04. The lowest BCUT2D eigenvalue weighted by Gasteiger charge is -2.09. The van der Waals surface area contributed by atoms with Gasteiger partial charge in [0, 0.05) is 18.7 Å². The molecule has 0 atom stereocenters. The summed E-state index contributed by atoms with van der Waals surface area (Å²) in [4.78, 5) is 15.6. The van der Waals surface area contributed by atoms with Crippen molar-refractivity contribution in [1.29, 1.82) is 0 Å².